The molecule has 0 aliphatic heterocycles. The van der Waals surface area contributed by atoms with E-state index >= 15 is 0 Å². The molecule has 0 bridgehead atoms. The van der Waals surface area contributed by atoms with Crippen LogP contribution in [0.3, 0.4) is 0 Å². The molecule has 1 aromatic rings. The predicted molar refractivity (Wildman–Crippen MR) is 106 cm³/mol. The van der Waals surface area contributed by atoms with Gasteiger partial charge in [-0.25, -0.2) is 0 Å². The second-order valence-electron chi connectivity index (χ2n) is 6.84. The van der Waals surface area contributed by atoms with E-state index in [0.717, 1.165) is 36.2 Å². The van der Waals surface area contributed by atoms with Crippen molar-refractivity contribution in [3.8, 4) is 17.2 Å². The van der Waals surface area contributed by atoms with E-state index in [1.54, 1.807) is 21.3 Å². The van der Waals surface area contributed by atoms with Crippen LogP contribution < -0.4 is 24.8 Å². The van der Waals surface area contributed by atoms with Crippen LogP contribution >= 0.6 is 0 Å². The van der Waals surface area contributed by atoms with Crippen molar-refractivity contribution < 1.29 is 14.2 Å². The summed E-state index contributed by atoms with van der Waals surface area (Å²) in [4.78, 5) is 4.35. The Morgan fingerprint density at radius 1 is 1.04 bits per heavy atom. The minimum atomic E-state index is 0.521. The van der Waals surface area contributed by atoms with Gasteiger partial charge in [0.1, 0.15) is 0 Å². The van der Waals surface area contributed by atoms with Gasteiger partial charge in [0.2, 0.25) is 5.75 Å². The maximum absolute atomic E-state index is 5.55. The highest BCUT2D eigenvalue weighted by atomic mass is 16.5. The summed E-state index contributed by atoms with van der Waals surface area (Å²) in [7, 11) is 6.72. The molecular weight excluding hydrogens is 330 g/mol. The van der Waals surface area contributed by atoms with Gasteiger partial charge >= 0.3 is 0 Å². The molecule has 1 fully saturated rings. The molecule has 0 atom stereocenters. The van der Waals surface area contributed by atoms with Crippen molar-refractivity contribution in [3.05, 3.63) is 17.7 Å². The molecule has 0 unspecified atom stereocenters. The summed E-state index contributed by atoms with van der Waals surface area (Å²) in [6.45, 7) is 3.09. The topological polar surface area (TPSA) is 64.1 Å². The van der Waals surface area contributed by atoms with Crippen molar-refractivity contribution in [3.63, 3.8) is 0 Å². The zero-order valence-electron chi connectivity index (χ0n) is 16.7. The molecule has 1 aromatic carbocycles. The van der Waals surface area contributed by atoms with Crippen molar-refractivity contribution in [1.29, 1.82) is 0 Å². The number of rotatable bonds is 7. The van der Waals surface area contributed by atoms with Gasteiger partial charge in [0, 0.05) is 25.2 Å². The number of ether oxygens (including phenoxy) is 3. The highest BCUT2D eigenvalue weighted by Crippen LogP contribution is 2.39. The Kier molecular flexibility index (Phi) is 7.88. The van der Waals surface area contributed by atoms with Gasteiger partial charge in [0.25, 0.3) is 0 Å². The smallest absolute Gasteiger partial charge is 0.203 e. The molecule has 0 heterocycles. The first kappa shape index (κ1) is 20.2. The molecule has 2 rings (SSSR count). The number of guanidine groups is 1. The van der Waals surface area contributed by atoms with Crippen molar-refractivity contribution in [2.75, 3.05) is 34.9 Å². The maximum Gasteiger partial charge on any atom is 0.203 e. The van der Waals surface area contributed by atoms with Crippen LogP contribution in [-0.4, -0.2) is 46.9 Å². The summed E-state index contributed by atoms with van der Waals surface area (Å²) >= 11 is 0. The molecule has 0 saturated heterocycles. The number of aliphatic imine (C=N–C) groups is 1. The zero-order valence-corrected chi connectivity index (χ0v) is 16.7. The average molecular weight is 364 g/mol. The van der Waals surface area contributed by atoms with Gasteiger partial charge in [0.05, 0.1) is 21.3 Å². The maximum atomic E-state index is 5.55. The molecule has 6 nitrogen and oxygen atoms in total. The number of hydrogen-bond acceptors (Lipinski definition) is 4. The summed E-state index contributed by atoms with van der Waals surface area (Å²) in [5, 5.41) is 6.95. The molecule has 0 spiro atoms. The van der Waals surface area contributed by atoms with E-state index < -0.39 is 0 Å². The third-order valence-corrected chi connectivity index (χ3v) is 5.05. The van der Waals surface area contributed by atoms with Crippen molar-refractivity contribution in [2.24, 2.45) is 10.9 Å². The van der Waals surface area contributed by atoms with Crippen LogP contribution in [0.2, 0.25) is 0 Å². The second kappa shape index (κ2) is 10.1. The number of nitrogens with one attached hydrogen (secondary N) is 2. The van der Waals surface area contributed by atoms with Crippen LogP contribution in [0.1, 0.15) is 38.2 Å². The first-order valence-electron chi connectivity index (χ1n) is 9.37. The lowest BCUT2D eigenvalue weighted by molar-refractivity contribution is 0.322. The molecular formula is C20H33N3O3. The van der Waals surface area contributed by atoms with Crippen LogP contribution in [0.15, 0.2) is 17.1 Å². The summed E-state index contributed by atoms with van der Waals surface area (Å²) < 4.78 is 16.3. The number of methoxy groups -OCH3 is 3. The number of hydrogen-bond donors (Lipinski definition) is 2. The lowest BCUT2D eigenvalue weighted by Crippen LogP contribution is -2.45. The Labute approximate surface area is 157 Å². The van der Waals surface area contributed by atoms with Crippen molar-refractivity contribution >= 4 is 5.96 Å². The van der Waals surface area contributed by atoms with E-state index in [2.05, 4.69) is 22.5 Å². The fraction of sp³-hybridized carbons (Fsp3) is 0.650. The van der Waals surface area contributed by atoms with Gasteiger partial charge in [-0.2, -0.15) is 0 Å². The Hall–Kier alpha value is -2.11. The first-order valence-corrected chi connectivity index (χ1v) is 9.37. The first-order chi connectivity index (χ1) is 12.6. The normalized spacial score (nSPS) is 20.4. The molecule has 0 amide bonds. The van der Waals surface area contributed by atoms with E-state index in [1.807, 2.05) is 19.2 Å². The molecule has 0 aromatic heterocycles. The van der Waals surface area contributed by atoms with E-state index in [9.17, 15) is 0 Å². The standard InChI is InChI=1S/C20H33N3O3/c1-14-6-9-16(10-7-14)23-20(21-2)22-13-12-15-8-11-17(24-3)19(26-5)18(15)25-4/h8,11,14,16H,6-7,9-10,12-13H2,1-5H3,(H2,21,22,23). The molecule has 26 heavy (non-hydrogen) atoms. The second-order valence-corrected chi connectivity index (χ2v) is 6.84. The van der Waals surface area contributed by atoms with Gasteiger partial charge < -0.3 is 24.8 Å². The van der Waals surface area contributed by atoms with Crippen LogP contribution in [-0.2, 0) is 6.42 Å². The van der Waals surface area contributed by atoms with Crippen molar-refractivity contribution in [1.82, 2.24) is 10.6 Å². The lowest BCUT2D eigenvalue weighted by atomic mass is 9.87. The van der Waals surface area contributed by atoms with E-state index in [1.165, 1.54) is 25.7 Å². The fourth-order valence-electron chi connectivity index (χ4n) is 3.47. The highest BCUT2D eigenvalue weighted by molar-refractivity contribution is 5.80. The third kappa shape index (κ3) is 5.19. The van der Waals surface area contributed by atoms with Crippen LogP contribution in [0, 0.1) is 5.92 Å². The molecule has 0 radical (unpaired) electrons. The van der Waals surface area contributed by atoms with Crippen LogP contribution in [0.5, 0.6) is 17.2 Å². The van der Waals surface area contributed by atoms with E-state index in [0.29, 0.717) is 17.5 Å². The Bertz CT molecular complexity index is 596. The third-order valence-electron chi connectivity index (χ3n) is 5.05. The summed E-state index contributed by atoms with van der Waals surface area (Å²) in [6.07, 6.45) is 5.80. The minimum Gasteiger partial charge on any atom is -0.493 e. The summed E-state index contributed by atoms with van der Waals surface area (Å²) in [6, 6.07) is 4.45. The van der Waals surface area contributed by atoms with Gasteiger partial charge in [-0.15, -0.1) is 0 Å². The quantitative estimate of drug-likeness (QED) is 0.576. The van der Waals surface area contributed by atoms with Gasteiger partial charge in [0.15, 0.2) is 17.5 Å². The lowest BCUT2D eigenvalue weighted by Gasteiger charge is -2.28. The largest absolute Gasteiger partial charge is 0.493 e. The van der Waals surface area contributed by atoms with Crippen LogP contribution in [0.25, 0.3) is 0 Å². The van der Waals surface area contributed by atoms with Gasteiger partial charge in [-0.05, 0) is 44.1 Å². The zero-order chi connectivity index (χ0) is 18.9. The Balaban J connectivity index is 1.91. The molecule has 1 aliphatic carbocycles. The summed E-state index contributed by atoms with van der Waals surface area (Å²) in [5.41, 5.74) is 1.07. The number of nitrogens with zero attached hydrogens (tertiary/aromatic N) is 1. The predicted octanol–water partition coefficient (Wildman–Crippen LogP) is 3.00. The Morgan fingerprint density at radius 3 is 2.31 bits per heavy atom. The molecule has 146 valence electrons. The molecule has 2 N–H and O–H groups in total. The fourth-order valence-corrected chi connectivity index (χ4v) is 3.47. The molecule has 6 heteroatoms. The number of benzene rings is 1. The van der Waals surface area contributed by atoms with Gasteiger partial charge in [-0.3, -0.25) is 4.99 Å². The van der Waals surface area contributed by atoms with E-state index in [4.69, 9.17) is 14.2 Å². The minimum absolute atomic E-state index is 0.521. The SMILES string of the molecule is CN=C(NCCc1ccc(OC)c(OC)c1OC)NC1CCC(C)CC1. The highest BCUT2D eigenvalue weighted by Gasteiger charge is 2.19. The monoisotopic (exact) mass is 363 g/mol. The van der Waals surface area contributed by atoms with E-state index in [-0.39, 0.29) is 0 Å². The Morgan fingerprint density at radius 2 is 1.73 bits per heavy atom. The molecule has 1 aliphatic rings. The summed E-state index contributed by atoms with van der Waals surface area (Å²) in [5.74, 6) is 3.73. The van der Waals surface area contributed by atoms with Gasteiger partial charge in [-0.1, -0.05) is 13.0 Å². The van der Waals surface area contributed by atoms with Crippen LogP contribution in [0.4, 0.5) is 0 Å². The van der Waals surface area contributed by atoms with Crippen molar-refractivity contribution in [2.45, 2.75) is 45.1 Å². The average Bonchev–Trinajstić information content (AvgIpc) is 2.67. The molecule has 1 saturated carbocycles.